The summed E-state index contributed by atoms with van der Waals surface area (Å²) >= 11 is 2.99. The molecule has 1 aliphatic heterocycles. The fourth-order valence-electron chi connectivity index (χ4n) is 1.24. The van der Waals surface area contributed by atoms with E-state index in [0.717, 1.165) is 0 Å². The normalized spacial score (nSPS) is 41.3. The number of rotatable bonds is 2. The zero-order valence-corrected chi connectivity index (χ0v) is 9.62. The Labute approximate surface area is 94.9 Å². The summed E-state index contributed by atoms with van der Waals surface area (Å²) in [7, 11) is 0. The van der Waals surface area contributed by atoms with Crippen molar-refractivity contribution in [3.63, 3.8) is 0 Å². The van der Waals surface area contributed by atoms with Crippen molar-refractivity contribution in [1.82, 2.24) is 0 Å². The average Bonchev–Trinajstić information content (AvgIpc) is 2.18. The first-order valence-electron chi connectivity index (χ1n) is 4.40. The molecule has 1 heterocycles. The third-order valence-electron chi connectivity index (χ3n) is 2.10. The molecule has 0 saturated carbocycles. The van der Waals surface area contributed by atoms with Gasteiger partial charge in [0, 0.05) is 6.92 Å². The van der Waals surface area contributed by atoms with E-state index in [1.807, 2.05) is 0 Å². The Morgan fingerprint density at radius 1 is 1.33 bits per heavy atom. The fourth-order valence-corrected chi connectivity index (χ4v) is 1.83. The Morgan fingerprint density at radius 3 is 2.47 bits per heavy atom. The number of hydrogen-bond donors (Lipinski definition) is 3. The minimum atomic E-state index is -1.33. The van der Waals surface area contributed by atoms with Crippen molar-refractivity contribution in [1.29, 1.82) is 0 Å². The summed E-state index contributed by atoms with van der Waals surface area (Å²) in [5.41, 5.74) is 0. The van der Waals surface area contributed by atoms with Crippen molar-refractivity contribution in [2.45, 2.75) is 36.4 Å². The summed E-state index contributed by atoms with van der Waals surface area (Å²) in [4.78, 5) is 10.5. The highest BCUT2D eigenvalue weighted by Gasteiger charge is 2.42. The molecule has 5 atom stereocenters. The first kappa shape index (κ1) is 12.9. The van der Waals surface area contributed by atoms with Gasteiger partial charge >= 0.3 is 5.97 Å². The van der Waals surface area contributed by atoms with E-state index in [2.05, 4.69) is 20.7 Å². The molecule has 0 aliphatic carbocycles. The first-order valence-corrected chi connectivity index (χ1v) is 5.32. The quantitative estimate of drug-likeness (QED) is 0.433. The lowest BCUT2D eigenvalue weighted by Crippen LogP contribution is -2.57. The second kappa shape index (κ2) is 5.22. The Hall–Kier alpha value is -0.210. The molecular formula is C8H13BrO6. The van der Waals surface area contributed by atoms with E-state index in [9.17, 15) is 20.1 Å². The highest BCUT2D eigenvalue weighted by atomic mass is 79.9. The minimum Gasteiger partial charge on any atom is -0.463 e. The SMILES string of the molecule is CC(=O)OC[C@H]1OC(Br)[C@H](O)[C@@H](O)[C@@H]1O. The van der Waals surface area contributed by atoms with Crippen LogP contribution in [0.3, 0.4) is 0 Å². The molecule has 0 radical (unpaired) electrons. The molecule has 0 bridgehead atoms. The van der Waals surface area contributed by atoms with Crippen LogP contribution in [0.2, 0.25) is 0 Å². The van der Waals surface area contributed by atoms with Gasteiger partial charge in [0.15, 0.2) is 0 Å². The maximum atomic E-state index is 10.5. The third-order valence-corrected chi connectivity index (χ3v) is 2.86. The van der Waals surface area contributed by atoms with Gasteiger partial charge in [0.25, 0.3) is 0 Å². The van der Waals surface area contributed by atoms with E-state index in [1.54, 1.807) is 0 Å². The second-order valence-electron chi connectivity index (χ2n) is 3.30. The predicted molar refractivity (Wildman–Crippen MR) is 52.2 cm³/mol. The summed E-state index contributed by atoms with van der Waals surface area (Å²) in [5, 5.41) is 27.4. The Morgan fingerprint density at radius 2 is 1.93 bits per heavy atom. The van der Waals surface area contributed by atoms with Gasteiger partial charge in [0.1, 0.15) is 36.0 Å². The van der Waals surface area contributed by atoms with Crippen LogP contribution in [-0.4, -0.2) is 57.3 Å². The number of esters is 1. The van der Waals surface area contributed by atoms with E-state index in [0.29, 0.717) is 0 Å². The molecule has 1 fully saturated rings. The van der Waals surface area contributed by atoms with Gasteiger partial charge in [0.2, 0.25) is 0 Å². The van der Waals surface area contributed by atoms with Crippen molar-refractivity contribution in [2.24, 2.45) is 0 Å². The van der Waals surface area contributed by atoms with Gasteiger partial charge < -0.3 is 24.8 Å². The third kappa shape index (κ3) is 3.12. The predicted octanol–water partition coefficient (Wildman–Crippen LogP) is -1.25. The Balaban J connectivity index is 2.54. The molecule has 0 aromatic heterocycles. The number of halogens is 1. The molecule has 0 amide bonds. The maximum absolute atomic E-state index is 10.5. The molecule has 1 saturated heterocycles. The highest BCUT2D eigenvalue weighted by molar-refractivity contribution is 9.09. The van der Waals surface area contributed by atoms with E-state index in [4.69, 9.17) is 4.74 Å². The van der Waals surface area contributed by atoms with Crippen molar-refractivity contribution >= 4 is 21.9 Å². The van der Waals surface area contributed by atoms with Crippen LogP contribution in [0.25, 0.3) is 0 Å². The van der Waals surface area contributed by atoms with Crippen LogP contribution < -0.4 is 0 Å². The van der Waals surface area contributed by atoms with Gasteiger partial charge in [-0.25, -0.2) is 0 Å². The van der Waals surface area contributed by atoms with Crippen molar-refractivity contribution in [3.8, 4) is 0 Å². The number of carbonyl (C=O) groups excluding carboxylic acids is 1. The maximum Gasteiger partial charge on any atom is 0.302 e. The molecule has 7 heteroatoms. The molecule has 3 N–H and O–H groups in total. The van der Waals surface area contributed by atoms with Crippen molar-refractivity contribution < 1.29 is 29.6 Å². The summed E-state index contributed by atoms with van der Waals surface area (Å²) in [5.74, 6) is -0.502. The molecule has 88 valence electrons. The van der Waals surface area contributed by atoms with E-state index in [-0.39, 0.29) is 6.61 Å². The molecule has 1 unspecified atom stereocenters. The zero-order valence-electron chi connectivity index (χ0n) is 8.04. The van der Waals surface area contributed by atoms with Crippen LogP contribution in [-0.2, 0) is 14.3 Å². The lowest BCUT2D eigenvalue weighted by atomic mass is 10.0. The molecule has 6 nitrogen and oxygen atoms in total. The van der Waals surface area contributed by atoms with E-state index in [1.165, 1.54) is 6.92 Å². The minimum absolute atomic E-state index is 0.164. The molecule has 1 aliphatic rings. The largest absolute Gasteiger partial charge is 0.463 e. The van der Waals surface area contributed by atoms with Crippen molar-refractivity contribution in [2.75, 3.05) is 6.61 Å². The lowest BCUT2D eigenvalue weighted by molar-refractivity contribution is -0.208. The number of ether oxygens (including phenoxy) is 2. The standard InChI is InChI=1S/C8H13BrO6/c1-3(10)14-2-4-5(11)6(12)7(13)8(9)15-4/h4-8,11-13H,2H2,1H3/t4-,5-,6+,7-,8?/m1/s1. The molecule has 1 rings (SSSR count). The van der Waals surface area contributed by atoms with E-state index >= 15 is 0 Å². The van der Waals surface area contributed by atoms with Crippen LogP contribution in [0.5, 0.6) is 0 Å². The van der Waals surface area contributed by atoms with Crippen molar-refractivity contribution in [3.05, 3.63) is 0 Å². The van der Waals surface area contributed by atoms with Crippen LogP contribution >= 0.6 is 15.9 Å². The number of aliphatic hydroxyl groups excluding tert-OH is 3. The Kier molecular flexibility index (Phi) is 4.47. The fraction of sp³-hybridized carbons (Fsp3) is 0.875. The van der Waals surface area contributed by atoms with Gasteiger partial charge in [-0.3, -0.25) is 4.79 Å². The van der Waals surface area contributed by atoms with Gasteiger partial charge in [-0.05, 0) is 0 Å². The number of carbonyl (C=O) groups is 1. The average molecular weight is 285 g/mol. The molecular weight excluding hydrogens is 272 g/mol. The number of aliphatic hydroxyl groups is 3. The number of hydrogen-bond acceptors (Lipinski definition) is 6. The van der Waals surface area contributed by atoms with Gasteiger partial charge in [-0.15, -0.1) is 0 Å². The molecule has 15 heavy (non-hydrogen) atoms. The summed E-state index contributed by atoms with van der Waals surface area (Å²) in [6.45, 7) is 1.06. The summed E-state index contributed by atoms with van der Waals surface area (Å²) < 4.78 is 9.76. The van der Waals surface area contributed by atoms with Crippen LogP contribution in [0, 0.1) is 0 Å². The van der Waals surface area contributed by atoms with Gasteiger partial charge in [0.05, 0.1) is 0 Å². The molecule has 0 spiro atoms. The van der Waals surface area contributed by atoms with E-state index < -0.39 is 35.4 Å². The van der Waals surface area contributed by atoms with Gasteiger partial charge in [-0.1, -0.05) is 15.9 Å². The zero-order chi connectivity index (χ0) is 11.6. The monoisotopic (exact) mass is 284 g/mol. The molecule has 0 aromatic carbocycles. The van der Waals surface area contributed by atoms with Gasteiger partial charge in [-0.2, -0.15) is 0 Å². The van der Waals surface area contributed by atoms with Crippen LogP contribution in [0.1, 0.15) is 6.92 Å². The first-order chi connectivity index (χ1) is 6.93. The second-order valence-corrected chi connectivity index (χ2v) is 4.20. The van der Waals surface area contributed by atoms with Crippen LogP contribution in [0.15, 0.2) is 0 Å². The summed E-state index contributed by atoms with van der Waals surface area (Å²) in [6, 6.07) is 0. The highest BCUT2D eigenvalue weighted by Crippen LogP contribution is 2.24. The summed E-state index contributed by atoms with van der Waals surface area (Å²) in [6.07, 6.45) is -4.68. The van der Waals surface area contributed by atoms with Crippen LogP contribution in [0.4, 0.5) is 0 Å². The molecule has 0 aromatic rings. The lowest BCUT2D eigenvalue weighted by Gasteiger charge is -2.37. The number of alkyl halides is 1. The Bertz CT molecular complexity index is 235. The topological polar surface area (TPSA) is 96.2 Å². The smallest absolute Gasteiger partial charge is 0.302 e.